The fraction of sp³-hybridized carbons (Fsp3) is 0.0476. The summed E-state index contributed by atoms with van der Waals surface area (Å²) in [6.07, 6.45) is 0. The van der Waals surface area contributed by atoms with Gasteiger partial charge in [0.05, 0.1) is 16.7 Å². The van der Waals surface area contributed by atoms with Gasteiger partial charge in [-0.1, -0.05) is 48.5 Å². The highest BCUT2D eigenvalue weighted by atomic mass is 19.1. The molecule has 1 aromatic heterocycles. The Morgan fingerprint density at radius 2 is 1.54 bits per heavy atom. The van der Waals surface area contributed by atoms with Crippen molar-refractivity contribution < 1.29 is 4.39 Å². The van der Waals surface area contributed by atoms with E-state index in [9.17, 15) is 4.39 Å². The van der Waals surface area contributed by atoms with Crippen LogP contribution in [0.1, 0.15) is 5.56 Å². The number of anilines is 2. The first-order chi connectivity index (χ1) is 12.7. The third kappa shape index (κ3) is 3.19. The molecule has 2 N–H and O–H groups in total. The van der Waals surface area contributed by atoms with Crippen LogP contribution in [0.15, 0.2) is 72.8 Å². The fourth-order valence-electron chi connectivity index (χ4n) is 2.74. The van der Waals surface area contributed by atoms with E-state index in [1.807, 2.05) is 55.5 Å². The van der Waals surface area contributed by atoms with Crippen LogP contribution in [0.5, 0.6) is 0 Å². The van der Waals surface area contributed by atoms with Crippen molar-refractivity contribution in [3.05, 3.63) is 84.2 Å². The molecule has 0 fully saturated rings. The number of aryl methyl sites for hydroxylation is 1. The second-order valence-electron chi connectivity index (χ2n) is 6.01. The summed E-state index contributed by atoms with van der Waals surface area (Å²) in [4.78, 5) is 9.46. The zero-order valence-corrected chi connectivity index (χ0v) is 14.2. The van der Waals surface area contributed by atoms with E-state index in [0.717, 1.165) is 22.2 Å². The third-order valence-corrected chi connectivity index (χ3v) is 4.06. The summed E-state index contributed by atoms with van der Waals surface area (Å²) < 4.78 is 13.9. The normalized spacial score (nSPS) is 10.7. The van der Waals surface area contributed by atoms with Crippen molar-refractivity contribution in [3.63, 3.8) is 0 Å². The second-order valence-corrected chi connectivity index (χ2v) is 6.01. The van der Waals surface area contributed by atoms with Crippen LogP contribution in [-0.4, -0.2) is 9.97 Å². The lowest BCUT2D eigenvalue weighted by atomic mass is 10.1. The number of benzene rings is 3. The summed E-state index contributed by atoms with van der Waals surface area (Å²) in [6.45, 7) is 2.01. The Hall–Kier alpha value is -3.47. The average Bonchev–Trinajstić information content (AvgIpc) is 2.67. The Kier molecular flexibility index (Phi) is 4.19. The molecule has 0 aliphatic carbocycles. The van der Waals surface area contributed by atoms with Gasteiger partial charge in [-0.3, -0.25) is 10.9 Å². The van der Waals surface area contributed by atoms with Gasteiger partial charge in [0.25, 0.3) is 0 Å². The molecule has 0 aliphatic heterocycles. The Morgan fingerprint density at radius 3 is 2.35 bits per heavy atom. The van der Waals surface area contributed by atoms with Gasteiger partial charge in [-0.2, -0.15) is 0 Å². The predicted molar refractivity (Wildman–Crippen MR) is 103 cm³/mol. The maximum atomic E-state index is 13.9. The summed E-state index contributed by atoms with van der Waals surface area (Å²) in [5, 5.41) is 0. The standard InChI is InChI=1S/C21H17FN4/c1-14-11-12-18-19(13-14)24-21(20(23-18)15-7-3-2-4-8-15)26-25-17-10-6-5-9-16(17)22/h2-13,25H,1H3,(H,24,26). The molecule has 5 heteroatoms. The number of aromatic nitrogens is 2. The van der Waals surface area contributed by atoms with Crippen molar-refractivity contribution in [3.8, 4) is 11.3 Å². The maximum Gasteiger partial charge on any atom is 0.171 e. The number of hydrogen-bond donors (Lipinski definition) is 2. The number of nitrogens with one attached hydrogen (secondary N) is 2. The van der Waals surface area contributed by atoms with Gasteiger partial charge in [-0.05, 0) is 36.8 Å². The summed E-state index contributed by atoms with van der Waals surface area (Å²) in [7, 11) is 0. The van der Waals surface area contributed by atoms with Gasteiger partial charge in [0.15, 0.2) is 5.82 Å². The minimum Gasteiger partial charge on any atom is -0.297 e. The minimum atomic E-state index is -0.342. The monoisotopic (exact) mass is 344 g/mol. The molecule has 0 amide bonds. The molecular weight excluding hydrogens is 327 g/mol. The molecule has 128 valence electrons. The van der Waals surface area contributed by atoms with Crippen LogP contribution < -0.4 is 10.9 Å². The van der Waals surface area contributed by atoms with Gasteiger partial charge in [0.2, 0.25) is 0 Å². The van der Waals surface area contributed by atoms with Gasteiger partial charge in [-0.15, -0.1) is 0 Å². The second kappa shape index (κ2) is 6.80. The molecule has 0 aliphatic rings. The summed E-state index contributed by atoms with van der Waals surface area (Å²) in [5.74, 6) is 0.198. The molecule has 0 atom stereocenters. The molecule has 26 heavy (non-hydrogen) atoms. The highest BCUT2D eigenvalue weighted by molar-refractivity contribution is 5.84. The van der Waals surface area contributed by atoms with Crippen molar-refractivity contribution in [1.82, 2.24) is 9.97 Å². The van der Waals surface area contributed by atoms with Crippen LogP contribution >= 0.6 is 0 Å². The molecule has 3 aromatic carbocycles. The number of rotatable bonds is 4. The summed E-state index contributed by atoms with van der Waals surface area (Å²) >= 11 is 0. The van der Waals surface area contributed by atoms with Crippen LogP contribution in [0.2, 0.25) is 0 Å². The molecule has 0 bridgehead atoms. The number of fused-ring (bicyclic) bond motifs is 1. The van der Waals surface area contributed by atoms with Crippen LogP contribution in [0.4, 0.5) is 15.9 Å². The maximum absolute atomic E-state index is 13.9. The Balaban J connectivity index is 1.79. The number of para-hydroxylation sites is 1. The zero-order valence-electron chi connectivity index (χ0n) is 14.2. The quantitative estimate of drug-likeness (QED) is 0.501. The molecule has 0 saturated carbocycles. The fourth-order valence-corrected chi connectivity index (χ4v) is 2.74. The molecular formula is C21H17FN4. The molecule has 0 saturated heterocycles. The third-order valence-electron chi connectivity index (χ3n) is 4.06. The van der Waals surface area contributed by atoms with Gasteiger partial charge in [-0.25, -0.2) is 14.4 Å². The number of halogens is 1. The minimum absolute atomic E-state index is 0.342. The van der Waals surface area contributed by atoms with E-state index >= 15 is 0 Å². The van der Waals surface area contributed by atoms with E-state index in [1.165, 1.54) is 6.07 Å². The number of nitrogens with zero attached hydrogens (tertiary/aromatic N) is 2. The van der Waals surface area contributed by atoms with Crippen LogP contribution in [-0.2, 0) is 0 Å². The first kappa shape index (κ1) is 16.0. The van der Waals surface area contributed by atoms with Gasteiger partial charge in [0.1, 0.15) is 11.5 Å². The number of hydrazine groups is 1. The highest BCUT2D eigenvalue weighted by Gasteiger charge is 2.12. The Morgan fingerprint density at radius 1 is 0.769 bits per heavy atom. The van der Waals surface area contributed by atoms with Gasteiger partial charge < -0.3 is 0 Å². The van der Waals surface area contributed by atoms with Crippen molar-refractivity contribution in [1.29, 1.82) is 0 Å². The number of hydrogen-bond acceptors (Lipinski definition) is 4. The lowest BCUT2D eigenvalue weighted by Gasteiger charge is -2.14. The van der Waals surface area contributed by atoms with E-state index < -0.39 is 0 Å². The van der Waals surface area contributed by atoms with Crippen LogP contribution in [0.3, 0.4) is 0 Å². The lowest BCUT2D eigenvalue weighted by Crippen LogP contribution is -2.13. The largest absolute Gasteiger partial charge is 0.297 e. The lowest BCUT2D eigenvalue weighted by molar-refractivity contribution is 0.631. The van der Waals surface area contributed by atoms with Crippen molar-refractivity contribution in [2.75, 3.05) is 10.9 Å². The van der Waals surface area contributed by atoms with E-state index in [1.54, 1.807) is 18.2 Å². The molecule has 0 unspecified atom stereocenters. The predicted octanol–water partition coefficient (Wildman–Crippen LogP) is 5.18. The molecule has 0 spiro atoms. The molecule has 4 nitrogen and oxygen atoms in total. The molecule has 0 radical (unpaired) electrons. The van der Waals surface area contributed by atoms with Gasteiger partial charge >= 0.3 is 0 Å². The van der Waals surface area contributed by atoms with E-state index in [4.69, 9.17) is 9.97 Å². The molecule has 4 rings (SSSR count). The average molecular weight is 344 g/mol. The Bertz CT molecular complexity index is 1060. The highest BCUT2D eigenvalue weighted by Crippen LogP contribution is 2.27. The SMILES string of the molecule is Cc1ccc2nc(-c3ccccc3)c(NNc3ccccc3F)nc2c1. The van der Waals surface area contributed by atoms with Crippen LogP contribution in [0, 0.1) is 12.7 Å². The van der Waals surface area contributed by atoms with E-state index in [-0.39, 0.29) is 5.82 Å². The summed E-state index contributed by atoms with van der Waals surface area (Å²) in [6, 6.07) is 22.2. The zero-order chi connectivity index (χ0) is 17.9. The topological polar surface area (TPSA) is 49.8 Å². The van der Waals surface area contributed by atoms with Crippen molar-refractivity contribution >= 4 is 22.5 Å². The van der Waals surface area contributed by atoms with Gasteiger partial charge in [0, 0.05) is 5.56 Å². The van der Waals surface area contributed by atoms with E-state index in [0.29, 0.717) is 17.2 Å². The van der Waals surface area contributed by atoms with E-state index in [2.05, 4.69) is 10.9 Å². The molecule has 4 aromatic rings. The van der Waals surface area contributed by atoms with Crippen molar-refractivity contribution in [2.45, 2.75) is 6.92 Å². The van der Waals surface area contributed by atoms with Crippen LogP contribution in [0.25, 0.3) is 22.3 Å². The first-order valence-corrected chi connectivity index (χ1v) is 8.31. The molecule has 1 heterocycles. The summed E-state index contributed by atoms with van der Waals surface area (Å²) in [5.41, 5.74) is 10.6. The first-order valence-electron chi connectivity index (χ1n) is 8.31. The Labute approximate surface area is 150 Å². The van der Waals surface area contributed by atoms with Crippen molar-refractivity contribution in [2.24, 2.45) is 0 Å². The smallest absolute Gasteiger partial charge is 0.171 e.